The maximum Gasteiger partial charge on any atom is 0.255 e. The van der Waals surface area contributed by atoms with Crippen molar-refractivity contribution in [3.05, 3.63) is 44.7 Å². The molecule has 0 saturated heterocycles. The lowest BCUT2D eigenvalue weighted by Crippen LogP contribution is -2.25. The van der Waals surface area contributed by atoms with Crippen LogP contribution >= 0.6 is 15.9 Å². The van der Waals surface area contributed by atoms with E-state index in [1.165, 1.54) is 0 Å². The van der Waals surface area contributed by atoms with Gasteiger partial charge in [-0.15, -0.1) is 0 Å². The Labute approximate surface area is 102 Å². The first kappa shape index (κ1) is 11.4. The van der Waals surface area contributed by atoms with Gasteiger partial charge in [0.1, 0.15) is 0 Å². The van der Waals surface area contributed by atoms with Crippen molar-refractivity contribution in [1.29, 1.82) is 0 Å². The van der Waals surface area contributed by atoms with Crippen molar-refractivity contribution in [3.63, 3.8) is 0 Å². The Morgan fingerprint density at radius 2 is 2.12 bits per heavy atom. The lowest BCUT2D eigenvalue weighted by molar-refractivity contribution is 0.772. The van der Waals surface area contributed by atoms with Crippen LogP contribution in [0, 0.1) is 0 Å². The second-order valence-corrected chi connectivity index (χ2v) is 4.78. The predicted molar refractivity (Wildman–Crippen MR) is 69.5 cm³/mol. The zero-order valence-electron chi connectivity index (χ0n) is 9.20. The van der Waals surface area contributed by atoms with Crippen molar-refractivity contribution < 1.29 is 0 Å². The molecule has 0 bridgehead atoms. The van der Waals surface area contributed by atoms with Gasteiger partial charge in [0.25, 0.3) is 5.56 Å². The number of hydrogen-bond acceptors (Lipinski definition) is 2. The number of aryl methyl sites for hydroxylation is 1. The molecule has 3 nitrogen and oxygen atoms in total. The van der Waals surface area contributed by atoms with Gasteiger partial charge < -0.3 is 10.3 Å². The third-order valence-electron chi connectivity index (χ3n) is 2.71. The van der Waals surface area contributed by atoms with Gasteiger partial charge in [-0.3, -0.25) is 4.79 Å². The summed E-state index contributed by atoms with van der Waals surface area (Å²) in [4.78, 5) is 12.0. The van der Waals surface area contributed by atoms with Crippen molar-refractivity contribution in [2.45, 2.75) is 13.0 Å². The molecule has 2 rings (SSSR count). The third-order valence-corrected chi connectivity index (χ3v) is 3.35. The molecule has 1 heterocycles. The highest BCUT2D eigenvalue weighted by Crippen LogP contribution is 2.23. The van der Waals surface area contributed by atoms with Gasteiger partial charge in [0.05, 0.1) is 5.52 Å². The first-order chi connectivity index (χ1) is 7.52. The Balaban J connectivity index is 2.94. The van der Waals surface area contributed by atoms with Crippen molar-refractivity contribution >= 4 is 26.8 Å². The lowest BCUT2D eigenvalue weighted by atomic mass is 10.1. The molecule has 0 aliphatic heterocycles. The molecule has 1 unspecified atom stereocenters. The summed E-state index contributed by atoms with van der Waals surface area (Å²) in [6.07, 6.45) is 0. The molecule has 1 atom stereocenters. The minimum absolute atomic E-state index is 0.0330. The zero-order chi connectivity index (χ0) is 11.9. The van der Waals surface area contributed by atoms with Crippen LogP contribution in [0.25, 0.3) is 10.9 Å². The molecule has 0 fully saturated rings. The van der Waals surface area contributed by atoms with E-state index in [2.05, 4.69) is 15.9 Å². The summed E-state index contributed by atoms with van der Waals surface area (Å²) in [6, 6.07) is 7.47. The summed E-state index contributed by atoms with van der Waals surface area (Å²) in [5.41, 5.74) is 7.30. The first-order valence-corrected chi connectivity index (χ1v) is 5.85. The van der Waals surface area contributed by atoms with E-state index in [0.717, 1.165) is 15.4 Å². The molecule has 1 aromatic carbocycles. The summed E-state index contributed by atoms with van der Waals surface area (Å²) in [7, 11) is 1.77. The largest absolute Gasteiger partial charge is 0.324 e. The van der Waals surface area contributed by atoms with Gasteiger partial charge in [-0.25, -0.2) is 0 Å². The number of pyridine rings is 1. The molecule has 2 N–H and O–H groups in total. The Kier molecular flexibility index (Phi) is 2.86. The average molecular weight is 281 g/mol. The molecule has 16 heavy (non-hydrogen) atoms. The summed E-state index contributed by atoms with van der Waals surface area (Å²) in [5.74, 6) is 0. The van der Waals surface area contributed by atoms with Gasteiger partial charge in [0.2, 0.25) is 0 Å². The number of aromatic nitrogens is 1. The molecule has 2 aromatic rings. The lowest BCUT2D eigenvalue weighted by Gasteiger charge is -2.11. The number of benzene rings is 1. The molecule has 0 spiro atoms. The average Bonchev–Trinajstić information content (AvgIpc) is 2.22. The fraction of sp³-hybridized carbons (Fsp3) is 0.250. The fourth-order valence-electron chi connectivity index (χ4n) is 1.85. The van der Waals surface area contributed by atoms with Crippen molar-refractivity contribution in [1.82, 2.24) is 4.57 Å². The van der Waals surface area contributed by atoms with E-state index < -0.39 is 0 Å². The van der Waals surface area contributed by atoms with E-state index in [1.807, 2.05) is 31.2 Å². The number of para-hydroxylation sites is 1. The quantitative estimate of drug-likeness (QED) is 0.872. The highest BCUT2D eigenvalue weighted by molar-refractivity contribution is 9.10. The molecule has 84 valence electrons. The van der Waals surface area contributed by atoms with Gasteiger partial charge in [0.15, 0.2) is 0 Å². The number of halogens is 1. The van der Waals surface area contributed by atoms with Gasteiger partial charge in [-0.05, 0) is 40.4 Å². The summed E-state index contributed by atoms with van der Waals surface area (Å²) in [5, 5.41) is 1.02. The number of hydrogen-bond donors (Lipinski definition) is 1. The smallest absolute Gasteiger partial charge is 0.255 e. The predicted octanol–water partition coefficient (Wildman–Crippen LogP) is 2.32. The minimum Gasteiger partial charge on any atom is -0.324 e. The highest BCUT2D eigenvalue weighted by Gasteiger charge is 2.11. The number of rotatable bonds is 1. The Hall–Kier alpha value is -1.13. The second kappa shape index (κ2) is 4.03. The molecule has 0 saturated carbocycles. The number of nitrogens with zero attached hydrogens (tertiary/aromatic N) is 1. The van der Waals surface area contributed by atoms with Crippen molar-refractivity contribution in [2.24, 2.45) is 12.8 Å². The van der Waals surface area contributed by atoms with Crippen LogP contribution in [0.4, 0.5) is 0 Å². The van der Waals surface area contributed by atoms with Gasteiger partial charge in [-0.1, -0.05) is 12.1 Å². The summed E-state index contributed by atoms with van der Waals surface area (Å²) < 4.78 is 2.55. The molecule has 0 amide bonds. The second-order valence-electron chi connectivity index (χ2n) is 3.93. The van der Waals surface area contributed by atoms with Crippen LogP contribution < -0.4 is 11.3 Å². The van der Waals surface area contributed by atoms with Gasteiger partial charge >= 0.3 is 0 Å². The van der Waals surface area contributed by atoms with Crippen molar-refractivity contribution in [3.8, 4) is 0 Å². The van der Waals surface area contributed by atoms with E-state index in [9.17, 15) is 4.79 Å². The summed E-state index contributed by atoms with van der Waals surface area (Å²) >= 11 is 3.45. The third kappa shape index (κ3) is 1.68. The van der Waals surface area contributed by atoms with Crippen LogP contribution in [-0.2, 0) is 7.05 Å². The van der Waals surface area contributed by atoms with E-state index >= 15 is 0 Å². The zero-order valence-corrected chi connectivity index (χ0v) is 10.8. The Bertz CT molecular complexity index is 602. The molecular weight excluding hydrogens is 268 g/mol. The topological polar surface area (TPSA) is 48.0 Å². The Morgan fingerprint density at radius 3 is 2.75 bits per heavy atom. The van der Waals surface area contributed by atoms with Gasteiger partial charge in [-0.2, -0.15) is 0 Å². The summed E-state index contributed by atoms with van der Waals surface area (Å²) in [6.45, 7) is 1.82. The monoisotopic (exact) mass is 280 g/mol. The van der Waals surface area contributed by atoms with E-state index in [-0.39, 0.29) is 11.6 Å². The van der Waals surface area contributed by atoms with Crippen LogP contribution in [-0.4, -0.2) is 4.57 Å². The maximum absolute atomic E-state index is 12.0. The molecule has 0 aliphatic carbocycles. The number of nitrogens with two attached hydrogens (primary N) is 1. The molecule has 4 heteroatoms. The van der Waals surface area contributed by atoms with Crippen LogP contribution in [0.1, 0.15) is 18.5 Å². The normalized spacial score (nSPS) is 13.0. The van der Waals surface area contributed by atoms with Gasteiger partial charge in [0, 0.05) is 23.1 Å². The fourth-order valence-corrected chi connectivity index (χ4v) is 2.50. The SMILES string of the molecule is CC(N)c1cc2cccc(Br)c2n(C)c1=O. The highest BCUT2D eigenvalue weighted by atomic mass is 79.9. The van der Waals surface area contributed by atoms with E-state index in [4.69, 9.17) is 5.73 Å². The molecule has 0 radical (unpaired) electrons. The standard InChI is InChI=1S/C12H13BrN2O/c1-7(14)9-6-8-4-3-5-10(13)11(8)15(2)12(9)16/h3-7H,14H2,1-2H3. The Morgan fingerprint density at radius 1 is 1.44 bits per heavy atom. The molecule has 0 aliphatic rings. The molecular formula is C12H13BrN2O. The maximum atomic E-state index is 12.0. The minimum atomic E-state index is -0.248. The molecule has 1 aromatic heterocycles. The van der Waals surface area contributed by atoms with E-state index in [0.29, 0.717) is 5.56 Å². The van der Waals surface area contributed by atoms with Crippen molar-refractivity contribution in [2.75, 3.05) is 0 Å². The first-order valence-electron chi connectivity index (χ1n) is 5.06. The number of fused-ring (bicyclic) bond motifs is 1. The van der Waals surface area contributed by atoms with Crippen LogP contribution in [0.2, 0.25) is 0 Å². The van der Waals surface area contributed by atoms with Crippen LogP contribution in [0.5, 0.6) is 0 Å². The van der Waals surface area contributed by atoms with Crippen LogP contribution in [0.3, 0.4) is 0 Å². The van der Waals surface area contributed by atoms with E-state index in [1.54, 1.807) is 11.6 Å². The van der Waals surface area contributed by atoms with Crippen LogP contribution in [0.15, 0.2) is 33.5 Å².